The predicted molar refractivity (Wildman–Crippen MR) is 84.2 cm³/mol. The minimum absolute atomic E-state index is 0.294. The summed E-state index contributed by atoms with van der Waals surface area (Å²) < 4.78 is 0.838. The highest BCUT2D eigenvalue weighted by molar-refractivity contribution is 5.98. The topological polar surface area (TPSA) is 17.1 Å². The van der Waals surface area contributed by atoms with Gasteiger partial charge in [0.2, 0.25) is 5.78 Å². The van der Waals surface area contributed by atoms with Gasteiger partial charge in [-0.15, -0.1) is 0 Å². The second-order valence-electron chi connectivity index (χ2n) is 7.05. The summed E-state index contributed by atoms with van der Waals surface area (Å²) in [7, 11) is 4.43. The third-order valence-corrected chi connectivity index (χ3v) is 5.01. The van der Waals surface area contributed by atoms with Gasteiger partial charge in [-0.05, 0) is 69.2 Å². The van der Waals surface area contributed by atoms with E-state index in [-0.39, 0.29) is 0 Å². The lowest BCUT2D eigenvalue weighted by Gasteiger charge is -2.35. The third kappa shape index (κ3) is 3.12. The maximum absolute atomic E-state index is 12.7. The Balaban J connectivity index is 2.17. The van der Waals surface area contributed by atoms with Gasteiger partial charge < -0.3 is 4.48 Å². The quantitative estimate of drug-likeness (QED) is 0.602. The van der Waals surface area contributed by atoms with E-state index in [1.807, 2.05) is 0 Å². The lowest BCUT2D eigenvalue weighted by atomic mass is 9.97. The Morgan fingerprint density at radius 1 is 1.05 bits per heavy atom. The van der Waals surface area contributed by atoms with Crippen molar-refractivity contribution in [2.75, 3.05) is 20.6 Å². The number of Topliss-reactive ketones (excluding diaryl/α,β-unsaturated/α-hetero) is 1. The summed E-state index contributed by atoms with van der Waals surface area (Å²) >= 11 is 0. The van der Waals surface area contributed by atoms with Gasteiger partial charge in [-0.2, -0.15) is 0 Å². The van der Waals surface area contributed by atoms with Crippen LogP contribution in [0.3, 0.4) is 0 Å². The Bertz CT molecular complexity index is 510. The number of ketones is 1. The maximum Gasteiger partial charge on any atom is 0.217 e. The molecule has 2 rings (SSSR count). The average Bonchev–Trinajstić information content (AvgIpc) is 2.87. The highest BCUT2D eigenvalue weighted by Crippen LogP contribution is 2.27. The monoisotopic (exact) mass is 274 g/mol. The van der Waals surface area contributed by atoms with Crippen molar-refractivity contribution in [2.24, 2.45) is 0 Å². The first-order valence-electron chi connectivity index (χ1n) is 7.75. The van der Waals surface area contributed by atoms with E-state index in [9.17, 15) is 4.79 Å². The van der Waals surface area contributed by atoms with E-state index in [0.717, 1.165) is 15.6 Å². The van der Waals surface area contributed by atoms with Crippen molar-refractivity contribution in [3.8, 4) is 0 Å². The smallest absolute Gasteiger partial charge is 0.217 e. The van der Waals surface area contributed by atoms with Crippen LogP contribution in [0.15, 0.2) is 12.1 Å². The zero-order valence-electron chi connectivity index (χ0n) is 13.6. The SMILES string of the molecule is Cc1cc(C)c(C(=O)C[N+](C)(C)C2CCCC2)cc1C. The van der Waals surface area contributed by atoms with Gasteiger partial charge in [-0.3, -0.25) is 4.79 Å². The van der Waals surface area contributed by atoms with E-state index in [1.54, 1.807) is 0 Å². The van der Waals surface area contributed by atoms with Crippen LogP contribution in [0, 0.1) is 20.8 Å². The number of hydrogen-bond acceptors (Lipinski definition) is 1. The molecule has 1 aliphatic carbocycles. The number of benzene rings is 1. The summed E-state index contributed by atoms with van der Waals surface area (Å²) in [5, 5.41) is 0. The number of rotatable bonds is 4. The molecule has 110 valence electrons. The van der Waals surface area contributed by atoms with Crippen molar-refractivity contribution < 1.29 is 9.28 Å². The minimum Gasteiger partial charge on any atom is -0.320 e. The Labute approximate surface area is 123 Å². The van der Waals surface area contributed by atoms with Gasteiger partial charge in [0.05, 0.1) is 20.1 Å². The zero-order chi connectivity index (χ0) is 14.9. The molecule has 0 atom stereocenters. The van der Waals surface area contributed by atoms with Gasteiger partial charge in [-0.25, -0.2) is 0 Å². The van der Waals surface area contributed by atoms with Crippen molar-refractivity contribution in [3.63, 3.8) is 0 Å². The van der Waals surface area contributed by atoms with Crippen LogP contribution in [0.4, 0.5) is 0 Å². The van der Waals surface area contributed by atoms with E-state index in [0.29, 0.717) is 18.4 Å². The molecule has 0 saturated heterocycles. The minimum atomic E-state index is 0.294. The van der Waals surface area contributed by atoms with Crippen LogP contribution >= 0.6 is 0 Å². The number of aryl methyl sites for hydroxylation is 3. The number of likely N-dealkylation sites (N-methyl/N-ethyl adjacent to an activating group) is 1. The molecule has 0 heterocycles. The molecule has 0 bridgehead atoms. The second-order valence-corrected chi connectivity index (χ2v) is 7.05. The average molecular weight is 274 g/mol. The number of quaternary nitrogens is 1. The molecule has 0 amide bonds. The number of hydrogen-bond donors (Lipinski definition) is 0. The first-order chi connectivity index (χ1) is 9.31. The number of carbonyl (C=O) groups excluding carboxylic acids is 1. The fourth-order valence-corrected chi connectivity index (χ4v) is 3.45. The molecular formula is C18H28NO+. The molecular weight excluding hydrogens is 246 g/mol. The van der Waals surface area contributed by atoms with Crippen LogP contribution in [0.5, 0.6) is 0 Å². The highest BCUT2D eigenvalue weighted by Gasteiger charge is 2.33. The van der Waals surface area contributed by atoms with Crippen LogP contribution in [0.1, 0.15) is 52.7 Å². The van der Waals surface area contributed by atoms with Crippen molar-refractivity contribution in [3.05, 3.63) is 34.4 Å². The summed E-state index contributed by atoms with van der Waals surface area (Å²) in [4.78, 5) is 12.7. The van der Waals surface area contributed by atoms with Crippen molar-refractivity contribution in [1.82, 2.24) is 0 Å². The molecule has 20 heavy (non-hydrogen) atoms. The second kappa shape index (κ2) is 5.69. The molecule has 0 spiro atoms. The van der Waals surface area contributed by atoms with Gasteiger partial charge >= 0.3 is 0 Å². The molecule has 1 fully saturated rings. The molecule has 1 aliphatic rings. The summed E-state index contributed by atoms with van der Waals surface area (Å²) in [5.41, 5.74) is 4.51. The molecule has 2 heteroatoms. The summed E-state index contributed by atoms with van der Waals surface area (Å²) in [6.45, 7) is 6.86. The molecule has 2 nitrogen and oxygen atoms in total. The normalized spacial score (nSPS) is 16.6. The number of nitrogens with zero attached hydrogens (tertiary/aromatic N) is 1. The van der Waals surface area contributed by atoms with Crippen molar-refractivity contribution in [2.45, 2.75) is 52.5 Å². The standard InChI is InChI=1S/C18H28NO/c1-13-10-15(3)17(11-14(13)2)18(20)12-19(4,5)16-8-6-7-9-16/h10-11,16H,6-9,12H2,1-5H3/q+1. The molecule has 1 aromatic carbocycles. The molecule has 0 unspecified atom stereocenters. The van der Waals surface area contributed by atoms with Crippen LogP contribution in [-0.4, -0.2) is 36.9 Å². The van der Waals surface area contributed by atoms with Gasteiger partial charge in [0.1, 0.15) is 6.54 Å². The third-order valence-electron chi connectivity index (χ3n) is 5.01. The predicted octanol–water partition coefficient (Wildman–Crippen LogP) is 3.81. The van der Waals surface area contributed by atoms with Gasteiger partial charge in [-0.1, -0.05) is 6.07 Å². The molecule has 0 radical (unpaired) electrons. The number of carbonyl (C=O) groups is 1. The van der Waals surface area contributed by atoms with E-state index < -0.39 is 0 Å². The molecule has 0 N–H and O–H groups in total. The Morgan fingerprint density at radius 2 is 1.60 bits per heavy atom. The van der Waals surface area contributed by atoms with Crippen LogP contribution in [-0.2, 0) is 0 Å². The first kappa shape index (κ1) is 15.2. The maximum atomic E-state index is 12.7. The lowest BCUT2D eigenvalue weighted by molar-refractivity contribution is -0.906. The van der Waals surface area contributed by atoms with Crippen molar-refractivity contribution in [1.29, 1.82) is 0 Å². The Kier molecular flexibility index (Phi) is 4.33. The van der Waals surface area contributed by atoms with Gasteiger partial charge in [0.15, 0.2) is 0 Å². The molecule has 1 saturated carbocycles. The molecule has 1 aromatic rings. The fourth-order valence-electron chi connectivity index (χ4n) is 3.45. The van der Waals surface area contributed by atoms with E-state index in [4.69, 9.17) is 0 Å². The van der Waals surface area contributed by atoms with Crippen LogP contribution in [0.2, 0.25) is 0 Å². The summed E-state index contributed by atoms with van der Waals surface area (Å²) in [5.74, 6) is 0.294. The van der Waals surface area contributed by atoms with Crippen molar-refractivity contribution >= 4 is 5.78 Å². The summed E-state index contributed by atoms with van der Waals surface area (Å²) in [6, 6.07) is 4.87. The summed E-state index contributed by atoms with van der Waals surface area (Å²) in [6.07, 6.45) is 5.19. The van der Waals surface area contributed by atoms with E-state index >= 15 is 0 Å². The fraction of sp³-hybridized carbons (Fsp3) is 0.611. The molecule has 0 aliphatic heterocycles. The first-order valence-corrected chi connectivity index (χ1v) is 7.75. The van der Waals surface area contributed by atoms with Crippen LogP contribution in [0.25, 0.3) is 0 Å². The van der Waals surface area contributed by atoms with E-state index in [1.165, 1.54) is 36.8 Å². The largest absolute Gasteiger partial charge is 0.320 e. The zero-order valence-corrected chi connectivity index (χ0v) is 13.6. The Hall–Kier alpha value is -1.15. The van der Waals surface area contributed by atoms with Crippen LogP contribution < -0.4 is 0 Å². The Morgan fingerprint density at radius 3 is 2.20 bits per heavy atom. The van der Waals surface area contributed by atoms with E-state index in [2.05, 4.69) is 47.0 Å². The van der Waals surface area contributed by atoms with Gasteiger partial charge in [0, 0.05) is 5.56 Å². The lowest BCUT2D eigenvalue weighted by Crippen LogP contribution is -2.50. The highest BCUT2D eigenvalue weighted by atomic mass is 16.1. The molecule has 0 aromatic heterocycles. The van der Waals surface area contributed by atoms with Gasteiger partial charge in [0.25, 0.3) is 0 Å².